The zero-order chi connectivity index (χ0) is 13.9. The van der Waals surface area contributed by atoms with E-state index in [-0.39, 0.29) is 0 Å². The van der Waals surface area contributed by atoms with E-state index in [4.69, 9.17) is 15.2 Å². The van der Waals surface area contributed by atoms with Gasteiger partial charge in [0.1, 0.15) is 11.5 Å². The Morgan fingerprint density at radius 2 is 1.90 bits per heavy atom. The number of aromatic nitrogens is 1. The molecular formula is C16H18N2O2. The second-order valence-corrected chi connectivity index (χ2v) is 4.89. The zero-order valence-corrected chi connectivity index (χ0v) is 11.6. The summed E-state index contributed by atoms with van der Waals surface area (Å²) in [5.74, 6) is 2.17. The molecule has 3 rings (SSSR count). The third-order valence-corrected chi connectivity index (χ3v) is 3.58. The maximum absolute atomic E-state index is 5.88. The molecule has 2 aromatic rings. The second kappa shape index (κ2) is 5.51. The summed E-state index contributed by atoms with van der Waals surface area (Å²) in [6.45, 7) is 0.436. The molecule has 0 amide bonds. The molecule has 4 heteroatoms. The van der Waals surface area contributed by atoms with Crippen molar-refractivity contribution in [1.82, 2.24) is 4.98 Å². The van der Waals surface area contributed by atoms with Gasteiger partial charge in [-0.15, -0.1) is 0 Å². The van der Waals surface area contributed by atoms with E-state index >= 15 is 0 Å². The highest BCUT2D eigenvalue weighted by atomic mass is 16.5. The van der Waals surface area contributed by atoms with Crippen molar-refractivity contribution >= 4 is 0 Å². The lowest BCUT2D eigenvalue weighted by atomic mass is 10.1. The number of hydrogen-bond donors (Lipinski definition) is 1. The highest BCUT2D eigenvalue weighted by Crippen LogP contribution is 2.30. The van der Waals surface area contributed by atoms with Gasteiger partial charge in [-0.25, -0.2) is 4.98 Å². The molecule has 0 fully saturated rings. The first-order valence-electron chi connectivity index (χ1n) is 6.84. The lowest BCUT2D eigenvalue weighted by Gasteiger charge is -2.11. The Hall–Kier alpha value is -2.07. The number of rotatable bonds is 4. The summed E-state index contributed by atoms with van der Waals surface area (Å²) < 4.78 is 11.0. The number of fused-ring (bicyclic) bond motifs is 1. The summed E-state index contributed by atoms with van der Waals surface area (Å²) in [5.41, 5.74) is 9.22. The predicted octanol–water partition coefficient (Wildman–Crippen LogP) is 2.83. The van der Waals surface area contributed by atoms with Crippen molar-refractivity contribution in [3.05, 3.63) is 47.2 Å². The quantitative estimate of drug-likeness (QED) is 0.928. The third kappa shape index (κ3) is 2.47. The average Bonchev–Trinajstić information content (AvgIpc) is 2.94. The summed E-state index contributed by atoms with van der Waals surface area (Å²) in [5, 5.41) is 0. The summed E-state index contributed by atoms with van der Waals surface area (Å²) in [6.07, 6.45) is 3.29. The van der Waals surface area contributed by atoms with Gasteiger partial charge < -0.3 is 15.2 Å². The standard InChI is InChI=1S/C16H18N2O2/c1-19-13-5-7-14(8-6-13)20-16-12(10-17)9-11-3-2-4-15(11)18-16/h5-9H,2-4,10,17H2,1H3. The maximum Gasteiger partial charge on any atom is 0.223 e. The molecule has 4 nitrogen and oxygen atoms in total. The number of pyridine rings is 1. The van der Waals surface area contributed by atoms with E-state index in [1.807, 2.05) is 24.3 Å². The van der Waals surface area contributed by atoms with Gasteiger partial charge in [0, 0.05) is 17.8 Å². The first kappa shape index (κ1) is 12.9. The molecule has 0 aliphatic heterocycles. The van der Waals surface area contributed by atoms with E-state index in [0.717, 1.165) is 35.6 Å². The zero-order valence-electron chi connectivity index (χ0n) is 11.6. The SMILES string of the molecule is COc1ccc(Oc2nc3c(cc2CN)CCC3)cc1. The lowest BCUT2D eigenvalue weighted by Crippen LogP contribution is -2.04. The minimum Gasteiger partial charge on any atom is -0.497 e. The molecular weight excluding hydrogens is 252 g/mol. The van der Waals surface area contributed by atoms with Gasteiger partial charge in [0.2, 0.25) is 5.88 Å². The van der Waals surface area contributed by atoms with Gasteiger partial charge in [0.25, 0.3) is 0 Å². The van der Waals surface area contributed by atoms with Crippen LogP contribution < -0.4 is 15.2 Å². The summed E-state index contributed by atoms with van der Waals surface area (Å²) >= 11 is 0. The first-order valence-corrected chi connectivity index (χ1v) is 6.84. The van der Waals surface area contributed by atoms with Crippen LogP contribution in [0.25, 0.3) is 0 Å². The normalized spacial score (nSPS) is 13.1. The molecule has 1 aromatic carbocycles. The average molecular weight is 270 g/mol. The number of benzene rings is 1. The Bertz CT molecular complexity index is 609. The van der Waals surface area contributed by atoms with Crippen molar-refractivity contribution in [2.75, 3.05) is 7.11 Å². The molecule has 104 valence electrons. The minimum atomic E-state index is 0.436. The number of nitrogens with zero attached hydrogens (tertiary/aromatic N) is 1. The van der Waals surface area contributed by atoms with Crippen LogP contribution in [0.1, 0.15) is 23.2 Å². The lowest BCUT2D eigenvalue weighted by molar-refractivity contribution is 0.411. The van der Waals surface area contributed by atoms with Crippen molar-refractivity contribution in [2.45, 2.75) is 25.8 Å². The molecule has 0 atom stereocenters. The van der Waals surface area contributed by atoms with E-state index in [0.29, 0.717) is 12.4 Å². The van der Waals surface area contributed by atoms with Crippen molar-refractivity contribution in [3.63, 3.8) is 0 Å². The van der Waals surface area contributed by atoms with Crippen LogP contribution in [0.3, 0.4) is 0 Å². The van der Waals surface area contributed by atoms with Gasteiger partial charge in [-0.1, -0.05) is 0 Å². The van der Waals surface area contributed by atoms with Gasteiger partial charge in [0.15, 0.2) is 0 Å². The van der Waals surface area contributed by atoms with Gasteiger partial charge in [-0.05, 0) is 55.2 Å². The van der Waals surface area contributed by atoms with Crippen molar-refractivity contribution in [1.29, 1.82) is 0 Å². The fourth-order valence-corrected chi connectivity index (χ4v) is 2.49. The monoisotopic (exact) mass is 270 g/mol. The molecule has 1 aliphatic carbocycles. The Kier molecular flexibility index (Phi) is 3.56. The number of aryl methyl sites for hydroxylation is 2. The van der Waals surface area contributed by atoms with Crippen molar-refractivity contribution in [3.8, 4) is 17.4 Å². The number of methoxy groups -OCH3 is 1. The molecule has 1 heterocycles. The summed E-state index contributed by atoms with van der Waals surface area (Å²) in [6, 6.07) is 9.60. The highest BCUT2D eigenvalue weighted by Gasteiger charge is 2.17. The first-order chi connectivity index (χ1) is 9.80. The molecule has 0 unspecified atom stereocenters. The molecule has 1 aliphatic rings. The van der Waals surface area contributed by atoms with Crippen LogP contribution in [0.4, 0.5) is 0 Å². The topological polar surface area (TPSA) is 57.4 Å². The minimum absolute atomic E-state index is 0.436. The van der Waals surface area contributed by atoms with E-state index in [1.54, 1.807) is 7.11 Å². The Balaban J connectivity index is 1.89. The van der Waals surface area contributed by atoms with E-state index in [9.17, 15) is 0 Å². The molecule has 20 heavy (non-hydrogen) atoms. The van der Waals surface area contributed by atoms with E-state index in [2.05, 4.69) is 11.1 Å². The Morgan fingerprint density at radius 1 is 1.15 bits per heavy atom. The van der Waals surface area contributed by atoms with E-state index in [1.165, 1.54) is 12.0 Å². The van der Waals surface area contributed by atoms with Crippen LogP contribution in [-0.2, 0) is 19.4 Å². The van der Waals surface area contributed by atoms with Crippen molar-refractivity contribution in [2.24, 2.45) is 5.73 Å². The fraction of sp³-hybridized carbons (Fsp3) is 0.312. The predicted molar refractivity (Wildman–Crippen MR) is 77.2 cm³/mol. The van der Waals surface area contributed by atoms with Crippen LogP contribution in [0.2, 0.25) is 0 Å². The van der Waals surface area contributed by atoms with Gasteiger partial charge >= 0.3 is 0 Å². The van der Waals surface area contributed by atoms with Gasteiger partial charge in [-0.3, -0.25) is 0 Å². The second-order valence-electron chi connectivity index (χ2n) is 4.89. The van der Waals surface area contributed by atoms with E-state index < -0.39 is 0 Å². The summed E-state index contributed by atoms with van der Waals surface area (Å²) in [7, 11) is 1.64. The molecule has 0 saturated carbocycles. The van der Waals surface area contributed by atoms with Crippen LogP contribution in [0, 0.1) is 0 Å². The molecule has 0 radical (unpaired) electrons. The smallest absolute Gasteiger partial charge is 0.223 e. The molecule has 2 N–H and O–H groups in total. The van der Waals surface area contributed by atoms with Gasteiger partial charge in [-0.2, -0.15) is 0 Å². The largest absolute Gasteiger partial charge is 0.497 e. The number of hydrogen-bond acceptors (Lipinski definition) is 4. The van der Waals surface area contributed by atoms with Crippen LogP contribution in [0.15, 0.2) is 30.3 Å². The van der Waals surface area contributed by atoms with Crippen molar-refractivity contribution < 1.29 is 9.47 Å². The highest BCUT2D eigenvalue weighted by molar-refractivity contribution is 5.40. The van der Waals surface area contributed by atoms with Crippen LogP contribution in [0.5, 0.6) is 17.4 Å². The summed E-state index contributed by atoms with van der Waals surface area (Å²) in [4.78, 5) is 4.63. The molecule has 0 spiro atoms. The number of ether oxygens (including phenoxy) is 2. The molecule has 0 bridgehead atoms. The van der Waals surface area contributed by atoms with Gasteiger partial charge in [0.05, 0.1) is 7.11 Å². The number of nitrogens with two attached hydrogens (primary N) is 1. The molecule has 0 saturated heterocycles. The Morgan fingerprint density at radius 3 is 2.60 bits per heavy atom. The third-order valence-electron chi connectivity index (χ3n) is 3.58. The fourth-order valence-electron chi connectivity index (χ4n) is 2.49. The Labute approximate surface area is 118 Å². The molecule has 1 aromatic heterocycles. The maximum atomic E-state index is 5.88. The van der Waals surface area contributed by atoms with Crippen LogP contribution >= 0.6 is 0 Å². The van der Waals surface area contributed by atoms with Crippen LogP contribution in [-0.4, -0.2) is 12.1 Å².